The zero-order valence-electron chi connectivity index (χ0n) is 17.1. The molecular weight excluding hydrogens is 429 g/mol. The van der Waals surface area contributed by atoms with E-state index in [0.29, 0.717) is 12.5 Å². The Hall–Kier alpha value is -0.120. The number of guanidine groups is 1. The maximum Gasteiger partial charge on any atom is 0.191 e. The first-order valence-electron chi connectivity index (χ1n) is 9.42. The lowest BCUT2D eigenvalue weighted by Crippen LogP contribution is -2.48. The fourth-order valence-corrected chi connectivity index (χ4v) is 2.74. The monoisotopic (exact) mass is 469 g/mol. The van der Waals surface area contributed by atoms with E-state index in [-0.39, 0.29) is 29.6 Å². The van der Waals surface area contributed by atoms with Crippen molar-refractivity contribution in [1.82, 2.24) is 20.4 Å². The highest BCUT2D eigenvalue weighted by molar-refractivity contribution is 14.0. The molecule has 1 atom stereocenters. The molecular formula is C18H40IN5O. The van der Waals surface area contributed by atoms with Gasteiger partial charge in [-0.15, -0.1) is 24.0 Å². The number of hydrogen-bond donors (Lipinski definition) is 2. The molecule has 0 aromatic carbocycles. The number of methoxy groups -OCH3 is 1. The van der Waals surface area contributed by atoms with Crippen LogP contribution in [-0.4, -0.2) is 87.4 Å². The SMILES string of the molecule is CCNC(=NCC(C)(C)OC)NCC(C)CN1CCN(CC)CC1.I. The average molecular weight is 469 g/mol. The molecule has 150 valence electrons. The molecule has 1 rings (SSSR count). The van der Waals surface area contributed by atoms with E-state index in [1.54, 1.807) is 7.11 Å². The summed E-state index contributed by atoms with van der Waals surface area (Å²) in [4.78, 5) is 9.75. The van der Waals surface area contributed by atoms with Crippen LogP contribution in [0.25, 0.3) is 0 Å². The molecule has 6 nitrogen and oxygen atoms in total. The highest BCUT2D eigenvalue weighted by atomic mass is 127. The summed E-state index contributed by atoms with van der Waals surface area (Å²) in [5, 5.41) is 6.79. The van der Waals surface area contributed by atoms with Gasteiger partial charge >= 0.3 is 0 Å². The molecule has 0 spiro atoms. The molecule has 0 aliphatic carbocycles. The standard InChI is InChI=1S/C18H39N5O.HI/c1-7-19-17(21-15-18(4,5)24-6)20-13-16(3)14-23-11-9-22(8-2)10-12-23;/h16H,7-15H2,1-6H3,(H2,19,20,21);1H. The van der Waals surface area contributed by atoms with Crippen LogP contribution in [0.15, 0.2) is 4.99 Å². The van der Waals surface area contributed by atoms with Crippen molar-refractivity contribution in [3.63, 3.8) is 0 Å². The Balaban J connectivity index is 0.00000576. The third-order valence-electron chi connectivity index (χ3n) is 4.61. The molecule has 7 heteroatoms. The molecule has 1 fully saturated rings. The molecule has 1 aliphatic rings. The van der Waals surface area contributed by atoms with Crippen molar-refractivity contribution in [2.24, 2.45) is 10.9 Å². The summed E-state index contributed by atoms with van der Waals surface area (Å²) in [6.07, 6.45) is 0. The summed E-state index contributed by atoms with van der Waals surface area (Å²) < 4.78 is 5.44. The van der Waals surface area contributed by atoms with Gasteiger partial charge in [-0.3, -0.25) is 4.99 Å². The highest BCUT2D eigenvalue weighted by Crippen LogP contribution is 2.07. The predicted octanol–water partition coefficient (Wildman–Crippen LogP) is 1.86. The number of rotatable bonds is 9. The first-order valence-corrected chi connectivity index (χ1v) is 9.42. The van der Waals surface area contributed by atoms with Gasteiger partial charge < -0.3 is 25.2 Å². The molecule has 1 heterocycles. The van der Waals surface area contributed by atoms with Crippen LogP contribution in [-0.2, 0) is 4.74 Å². The largest absolute Gasteiger partial charge is 0.377 e. The summed E-state index contributed by atoms with van der Waals surface area (Å²) in [6, 6.07) is 0. The summed E-state index contributed by atoms with van der Waals surface area (Å²) in [5.74, 6) is 1.47. The van der Waals surface area contributed by atoms with Crippen molar-refractivity contribution < 1.29 is 4.74 Å². The Morgan fingerprint density at radius 2 is 1.72 bits per heavy atom. The second-order valence-corrected chi connectivity index (χ2v) is 7.38. The van der Waals surface area contributed by atoms with Gasteiger partial charge in [0.15, 0.2) is 5.96 Å². The minimum Gasteiger partial charge on any atom is -0.377 e. The first-order chi connectivity index (χ1) is 11.4. The van der Waals surface area contributed by atoms with Gasteiger partial charge in [0.25, 0.3) is 0 Å². The van der Waals surface area contributed by atoms with Gasteiger partial charge in [-0.25, -0.2) is 0 Å². The van der Waals surface area contributed by atoms with Gasteiger partial charge in [-0.2, -0.15) is 0 Å². The third kappa shape index (κ3) is 10.6. The highest BCUT2D eigenvalue weighted by Gasteiger charge is 2.18. The van der Waals surface area contributed by atoms with Crippen molar-refractivity contribution >= 4 is 29.9 Å². The Kier molecular flexibility index (Phi) is 13.0. The Bertz CT molecular complexity index is 370. The molecule has 1 unspecified atom stereocenters. The summed E-state index contributed by atoms with van der Waals surface area (Å²) >= 11 is 0. The molecule has 0 aromatic heterocycles. The second kappa shape index (κ2) is 13.1. The van der Waals surface area contributed by atoms with Crippen molar-refractivity contribution in [3.8, 4) is 0 Å². The van der Waals surface area contributed by atoms with E-state index in [1.165, 1.54) is 32.7 Å². The molecule has 0 bridgehead atoms. The molecule has 25 heavy (non-hydrogen) atoms. The van der Waals surface area contributed by atoms with Gasteiger partial charge in [0.2, 0.25) is 0 Å². The van der Waals surface area contributed by atoms with E-state index in [9.17, 15) is 0 Å². The van der Waals surface area contributed by atoms with Gasteiger partial charge in [0.1, 0.15) is 0 Å². The molecule has 1 saturated heterocycles. The lowest BCUT2D eigenvalue weighted by atomic mass is 10.1. The normalized spacial score (nSPS) is 18.6. The number of ether oxygens (including phenoxy) is 1. The molecule has 0 aromatic rings. The first kappa shape index (κ1) is 24.9. The molecule has 1 aliphatic heterocycles. The Morgan fingerprint density at radius 3 is 2.24 bits per heavy atom. The quantitative estimate of drug-likeness (QED) is 0.307. The fraction of sp³-hybridized carbons (Fsp3) is 0.944. The topological polar surface area (TPSA) is 52.1 Å². The minimum absolute atomic E-state index is 0. The number of hydrogen-bond acceptors (Lipinski definition) is 4. The number of aliphatic imine (C=N–C) groups is 1. The molecule has 2 N–H and O–H groups in total. The van der Waals surface area contributed by atoms with Gasteiger partial charge in [-0.1, -0.05) is 13.8 Å². The van der Waals surface area contributed by atoms with Crippen LogP contribution < -0.4 is 10.6 Å². The lowest BCUT2D eigenvalue weighted by Gasteiger charge is -2.35. The van der Waals surface area contributed by atoms with Crippen molar-refractivity contribution in [3.05, 3.63) is 0 Å². The van der Waals surface area contributed by atoms with Crippen LogP contribution in [0.2, 0.25) is 0 Å². The van der Waals surface area contributed by atoms with Crippen LogP contribution in [0, 0.1) is 5.92 Å². The number of nitrogens with one attached hydrogen (secondary N) is 2. The van der Waals surface area contributed by atoms with E-state index in [2.05, 4.69) is 60.0 Å². The average Bonchev–Trinajstić information content (AvgIpc) is 2.58. The zero-order valence-corrected chi connectivity index (χ0v) is 19.4. The van der Waals surface area contributed by atoms with Crippen LogP contribution >= 0.6 is 24.0 Å². The van der Waals surface area contributed by atoms with Gasteiger partial charge in [-0.05, 0) is 33.2 Å². The predicted molar refractivity (Wildman–Crippen MR) is 118 cm³/mol. The van der Waals surface area contributed by atoms with Crippen molar-refractivity contribution in [1.29, 1.82) is 0 Å². The van der Waals surface area contributed by atoms with Crippen LogP contribution in [0.5, 0.6) is 0 Å². The van der Waals surface area contributed by atoms with E-state index in [4.69, 9.17) is 4.74 Å². The van der Waals surface area contributed by atoms with Crippen LogP contribution in [0.4, 0.5) is 0 Å². The maximum absolute atomic E-state index is 5.44. The van der Waals surface area contributed by atoms with E-state index in [1.807, 2.05) is 0 Å². The van der Waals surface area contributed by atoms with Gasteiger partial charge in [0, 0.05) is 52.9 Å². The lowest BCUT2D eigenvalue weighted by molar-refractivity contribution is 0.0310. The molecule has 0 saturated carbocycles. The van der Waals surface area contributed by atoms with Crippen molar-refractivity contribution in [2.75, 3.05) is 66.0 Å². The van der Waals surface area contributed by atoms with Crippen LogP contribution in [0.3, 0.4) is 0 Å². The third-order valence-corrected chi connectivity index (χ3v) is 4.61. The number of piperazine rings is 1. The van der Waals surface area contributed by atoms with Crippen molar-refractivity contribution in [2.45, 2.75) is 40.2 Å². The smallest absolute Gasteiger partial charge is 0.191 e. The second-order valence-electron chi connectivity index (χ2n) is 7.38. The van der Waals surface area contributed by atoms with Gasteiger partial charge in [0.05, 0.1) is 12.1 Å². The molecule has 0 radical (unpaired) electrons. The Morgan fingerprint density at radius 1 is 1.12 bits per heavy atom. The summed E-state index contributed by atoms with van der Waals surface area (Å²) in [5.41, 5.74) is -0.229. The zero-order chi connectivity index (χ0) is 18.0. The molecule has 0 amide bonds. The summed E-state index contributed by atoms with van der Waals surface area (Å²) in [7, 11) is 1.73. The van der Waals surface area contributed by atoms with Crippen LogP contribution in [0.1, 0.15) is 34.6 Å². The van der Waals surface area contributed by atoms with E-state index >= 15 is 0 Å². The fourth-order valence-electron chi connectivity index (χ4n) is 2.74. The number of likely N-dealkylation sites (N-methyl/N-ethyl adjacent to an activating group) is 1. The summed E-state index contributed by atoms with van der Waals surface area (Å²) in [6.45, 7) is 20.3. The van der Waals surface area contributed by atoms with E-state index in [0.717, 1.165) is 25.6 Å². The number of halogens is 1. The Labute approximate surface area is 172 Å². The minimum atomic E-state index is -0.229. The number of nitrogens with zero attached hydrogens (tertiary/aromatic N) is 3. The maximum atomic E-state index is 5.44. The van der Waals surface area contributed by atoms with E-state index < -0.39 is 0 Å².